The van der Waals surface area contributed by atoms with E-state index in [-0.39, 0.29) is 18.4 Å². The molecule has 0 fully saturated rings. The van der Waals surface area contributed by atoms with E-state index in [2.05, 4.69) is 0 Å². The van der Waals surface area contributed by atoms with Crippen molar-refractivity contribution >= 4 is 23.3 Å². The summed E-state index contributed by atoms with van der Waals surface area (Å²) in [6.07, 6.45) is 0. The summed E-state index contributed by atoms with van der Waals surface area (Å²) in [5, 5.41) is 8.83. The number of hydrogen-bond donors (Lipinski definition) is 2. The fourth-order valence-corrected chi connectivity index (χ4v) is 1.46. The first-order chi connectivity index (χ1) is 7.93. The number of para-hydroxylation sites is 2. The number of aliphatic carboxylic acids is 1. The lowest BCUT2D eigenvalue weighted by molar-refractivity contribution is -0.137. The Kier molecular flexibility index (Phi) is 4.09. The van der Waals surface area contributed by atoms with Crippen LogP contribution in [0.1, 0.15) is 13.8 Å². The van der Waals surface area contributed by atoms with Crippen LogP contribution in [-0.2, 0) is 9.59 Å². The van der Waals surface area contributed by atoms with Crippen LogP contribution in [0.25, 0.3) is 0 Å². The molecule has 0 bridgehead atoms. The topological polar surface area (TPSA) is 83.6 Å². The van der Waals surface area contributed by atoms with Crippen LogP contribution in [0.15, 0.2) is 24.3 Å². The molecule has 0 spiro atoms. The van der Waals surface area contributed by atoms with Crippen molar-refractivity contribution in [2.45, 2.75) is 13.8 Å². The monoisotopic (exact) mass is 236 g/mol. The van der Waals surface area contributed by atoms with Gasteiger partial charge < -0.3 is 10.8 Å². The van der Waals surface area contributed by atoms with Gasteiger partial charge in [0.05, 0.1) is 11.4 Å². The molecule has 1 aromatic carbocycles. The number of nitrogen functional groups attached to an aromatic ring is 1. The van der Waals surface area contributed by atoms with E-state index in [0.29, 0.717) is 11.4 Å². The number of hydrogen-bond acceptors (Lipinski definition) is 3. The summed E-state index contributed by atoms with van der Waals surface area (Å²) in [6, 6.07) is 6.72. The SMILES string of the molecule is CC(C)C(=O)N(CC(=O)O)c1ccccc1N. The van der Waals surface area contributed by atoms with E-state index >= 15 is 0 Å². The van der Waals surface area contributed by atoms with Gasteiger partial charge in [0.1, 0.15) is 6.54 Å². The third-order valence-electron chi connectivity index (χ3n) is 2.28. The van der Waals surface area contributed by atoms with E-state index in [4.69, 9.17) is 10.8 Å². The molecule has 0 saturated carbocycles. The highest BCUT2D eigenvalue weighted by Crippen LogP contribution is 2.23. The molecule has 0 heterocycles. The molecule has 0 aliphatic carbocycles. The van der Waals surface area contributed by atoms with Crippen molar-refractivity contribution in [1.82, 2.24) is 0 Å². The molecule has 5 heteroatoms. The molecule has 5 nitrogen and oxygen atoms in total. The minimum absolute atomic E-state index is 0.259. The summed E-state index contributed by atoms with van der Waals surface area (Å²) >= 11 is 0. The molecule has 1 rings (SSSR count). The van der Waals surface area contributed by atoms with Gasteiger partial charge in [0.2, 0.25) is 5.91 Å². The van der Waals surface area contributed by atoms with Crippen LogP contribution in [0.4, 0.5) is 11.4 Å². The number of carboxylic acids is 1. The van der Waals surface area contributed by atoms with Gasteiger partial charge in [-0.15, -0.1) is 0 Å². The second-order valence-corrected chi connectivity index (χ2v) is 4.03. The minimum Gasteiger partial charge on any atom is -0.480 e. The maximum atomic E-state index is 11.9. The molecule has 0 atom stereocenters. The van der Waals surface area contributed by atoms with Crippen molar-refractivity contribution in [1.29, 1.82) is 0 Å². The Labute approximate surface area is 99.8 Å². The summed E-state index contributed by atoms with van der Waals surface area (Å²) in [5.74, 6) is -1.61. The van der Waals surface area contributed by atoms with Gasteiger partial charge >= 0.3 is 5.97 Å². The van der Waals surface area contributed by atoms with Crippen molar-refractivity contribution in [3.8, 4) is 0 Å². The second-order valence-electron chi connectivity index (χ2n) is 4.03. The molecular weight excluding hydrogens is 220 g/mol. The first-order valence-electron chi connectivity index (χ1n) is 5.31. The van der Waals surface area contributed by atoms with Gasteiger partial charge in [-0.1, -0.05) is 26.0 Å². The lowest BCUT2D eigenvalue weighted by Gasteiger charge is -2.24. The smallest absolute Gasteiger partial charge is 0.323 e. The third-order valence-corrected chi connectivity index (χ3v) is 2.28. The highest BCUT2D eigenvalue weighted by Gasteiger charge is 2.22. The molecule has 0 aliphatic rings. The number of carboxylic acid groups (broad SMARTS) is 1. The number of benzene rings is 1. The number of carbonyl (C=O) groups is 2. The van der Waals surface area contributed by atoms with Gasteiger partial charge in [0.25, 0.3) is 0 Å². The molecule has 17 heavy (non-hydrogen) atoms. The zero-order valence-electron chi connectivity index (χ0n) is 9.88. The third kappa shape index (κ3) is 3.21. The number of anilines is 2. The van der Waals surface area contributed by atoms with Gasteiger partial charge in [-0.3, -0.25) is 14.5 Å². The van der Waals surface area contributed by atoms with Crippen LogP contribution in [0, 0.1) is 5.92 Å². The van der Waals surface area contributed by atoms with Crippen LogP contribution >= 0.6 is 0 Å². The number of nitrogens with zero attached hydrogens (tertiary/aromatic N) is 1. The fraction of sp³-hybridized carbons (Fsp3) is 0.333. The zero-order chi connectivity index (χ0) is 13.0. The Hall–Kier alpha value is -2.04. The zero-order valence-corrected chi connectivity index (χ0v) is 9.88. The number of amides is 1. The van der Waals surface area contributed by atoms with Crippen molar-refractivity contribution in [3.05, 3.63) is 24.3 Å². The van der Waals surface area contributed by atoms with Crippen LogP contribution in [0.2, 0.25) is 0 Å². The fourth-order valence-electron chi connectivity index (χ4n) is 1.46. The minimum atomic E-state index is -1.07. The average molecular weight is 236 g/mol. The predicted octanol–water partition coefficient (Wildman–Crippen LogP) is 1.34. The van der Waals surface area contributed by atoms with Gasteiger partial charge in [0.15, 0.2) is 0 Å². The van der Waals surface area contributed by atoms with Crippen LogP contribution in [0.5, 0.6) is 0 Å². The summed E-state index contributed by atoms with van der Waals surface area (Å²) in [7, 11) is 0. The molecule has 0 aromatic heterocycles. The van der Waals surface area contributed by atoms with Crippen molar-refractivity contribution in [2.24, 2.45) is 5.92 Å². The molecule has 3 N–H and O–H groups in total. The lowest BCUT2D eigenvalue weighted by Crippen LogP contribution is -2.38. The van der Waals surface area contributed by atoms with Crippen molar-refractivity contribution < 1.29 is 14.7 Å². The molecule has 0 unspecified atom stereocenters. The van der Waals surface area contributed by atoms with E-state index in [1.54, 1.807) is 38.1 Å². The Balaban J connectivity index is 3.11. The lowest BCUT2D eigenvalue weighted by atomic mass is 10.1. The van der Waals surface area contributed by atoms with Crippen molar-refractivity contribution in [3.63, 3.8) is 0 Å². The van der Waals surface area contributed by atoms with E-state index in [9.17, 15) is 9.59 Å². The van der Waals surface area contributed by atoms with E-state index in [0.717, 1.165) is 0 Å². The van der Waals surface area contributed by atoms with Crippen LogP contribution in [0.3, 0.4) is 0 Å². The van der Waals surface area contributed by atoms with Gasteiger partial charge in [-0.25, -0.2) is 0 Å². The molecule has 0 aliphatic heterocycles. The Morgan fingerprint density at radius 3 is 2.41 bits per heavy atom. The molecule has 1 amide bonds. The molecular formula is C12H16N2O3. The number of rotatable bonds is 4. The van der Waals surface area contributed by atoms with E-state index in [1.165, 1.54) is 4.90 Å². The first kappa shape index (κ1) is 13.0. The summed E-state index contributed by atoms with van der Waals surface area (Å²) in [6.45, 7) is 3.05. The largest absolute Gasteiger partial charge is 0.480 e. The number of carbonyl (C=O) groups excluding carboxylic acids is 1. The second kappa shape index (κ2) is 5.34. The standard InChI is InChI=1S/C12H16N2O3/c1-8(2)12(17)14(7-11(15)16)10-6-4-3-5-9(10)13/h3-6,8H,7,13H2,1-2H3,(H,15,16). The van der Waals surface area contributed by atoms with Crippen LogP contribution in [-0.4, -0.2) is 23.5 Å². The van der Waals surface area contributed by atoms with E-state index < -0.39 is 5.97 Å². The Morgan fingerprint density at radius 1 is 1.35 bits per heavy atom. The van der Waals surface area contributed by atoms with Gasteiger partial charge in [-0.05, 0) is 12.1 Å². The average Bonchev–Trinajstić information content (AvgIpc) is 2.25. The van der Waals surface area contributed by atoms with E-state index in [1.807, 2.05) is 0 Å². The number of nitrogens with two attached hydrogens (primary N) is 1. The maximum absolute atomic E-state index is 11.9. The highest BCUT2D eigenvalue weighted by molar-refractivity contribution is 6.00. The van der Waals surface area contributed by atoms with Crippen molar-refractivity contribution in [2.75, 3.05) is 17.2 Å². The molecule has 1 aromatic rings. The first-order valence-corrected chi connectivity index (χ1v) is 5.31. The molecule has 92 valence electrons. The predicted molar refractivity (Wildman–Crippen MR) is 65.7 cm³/mol. The normalized spacial score (nSPS) is 10.3. The van der Waals surface area contributed by atoms with Gasteiger partial charge in [0, 0.05) is 5.92 Å². The quantitative estimate of drug-likeness (QED) is 0.773. The summed E-state index contributed by atoms with van der Waals surface area (Å²) < 4.78 is 0. The van der Waals surface area contributed by atoms with Gasteiger partial charge in [-0.2, -0.15) is 0 Å². The molecule has 0 saturated heterocycles. The summed E-state index contributed by atoms with van der Waals surface area (Å²) in [4.78, 5) is 23.9. The Bertz CT molecular complexity index is 430. The Morgan fingerprint density at radius 2 is 1.94 bits per heavy atom. The summed E-state index contributed by atoms with van der Waals surface area (Å²) in [5.41, 5.74) is 6.58. The molecule has 0 radical (unpaired) electrons. The maximum Gasteiger partial charge on any atom is 0.323 e. The van der Waals surface area contributed by atoms with Crippen LogP contribution < -0.4 is 10.6 Å². The highest BCUT2D eigenvalue weighted by atomic mass is 16.4.